The first kappa shape index (κ1) is 17.4. The number of aliphatic hydroxyl groups is 1. The van der Waals surface area contributed by atoms with Crippen molar-refractivity contribution < 1.29 is 14.6 Å². The molecule has 0 aliphatic carbocycles. The summed E-state index contributed by atoms with van der Waals surface area (Å²) in [6, 6.07) is 5.59. The number of benzene rings is 1. The lowest BCUT2D eigenvalue weighted by Gasteiger charge is -2.16. The Morgan fingerprint density at radius 2 is 2.10 bits per heavy atom. The van der Waals surface area contributed by atoms with E-state index in [9.17, 15) is 0 Å². The summed E-state index contributed by atoms with van der Waals surface area (Å²) in [4.78, 5) is 0. The van der Waals surface area contributed by atoms with Crippen molar-refractivity contribution in [3.63, 3.8) is 0 Å². The smallest absolute Gasteiger partial charge is 0.135 e. The Kier molecular flexibility index (Phi) is 8.38. The molecule has 0 saturated heterocycles. The van der Waals surface area contributed by atoms with Gasteiger partial charge in [0.25, 0.3) is 0 Å². The van der Waals surface area contributed by atoms with E-state index in [1.807, 2.05) is 18.2 Å². The molecule has 1 atom stereocenters. The Labute approximate surface area is 128 Å². The zero-order valence-electron chi connectivity index (χ0n) is 13.3. The van der Waals surface area contributed by atoms with Crippen LogP contribution in [0.15, 0.2) is 18.2 Å². The predicted molar refractivity (Wildman–Crippen MR) is 85.8 cm³/mol. The van der Waals surface area contributed by atoms with Crippen molar-refractivity contribution >= 4 is 0 Å². The lowest BCUT2D eigenvalue weighted by atomic mass is 10.0. The molecule has 1 aromatic rings. The van der Waals surface area contributed by atoms with Gasteiger partial charge in [-0.25, -0.2) is 0 Å². The van der Waals surface area contributed by atoms with Crippen molar-refractivity contribution in [2.75, 3.05) is 20.3 Å². The number of hydrogen-bond donors (Lipinski definition) is 1. The fourth-order valence-corrected chi connectivity index (χ4v) is 2.10. The Morgan fingerprint density at radius 3 is 2.71 bits per heavy atom. The highest BCUT2D eigenvalue weighted by Crippen LogP contribution is 2.25. The Bertz CT molecular complexity index is 471. The minimum atomic E-state index is -0.162. The molecule has 0 saturated carbocycles. The molecule has 1 aromatic carbocycles. The molecule has 116 valence electrons. The number of rotatable bonds is 8. The molecule has 0 spiro atoms. The minimum Gasteiger partial charge on any atom is -0.497 e. The van der Waals surface area contributed by atoms with Gasteiger partial charge in [-0.05, 0) is 30.5 Å². The Morgan fingerprint density at radius 1 is 1.29 bits per heavy atom. The van der Waals surface area contributed by atoms with Gasteiger partial charge in [-0.1, -0.05) is 45.0 Å². The summed E-state index contributed by atoms with van der Waals surface area (Å²) in [7, 11) is 1.62. The molecule has 0 fully saturated rings. The topological polar surface area (TPSA) is 38.7 Å². The van der Waals surface area contributed by atoms with Gasteiger partial charge in [0, 0.05) is 0 Å². The lowest BCUT2D eigenvalue weighted by molar-refractivity contribution is 0.232. The van der Waals surface area contributed by atoms with Gasteiger partial charge >= 0.3 is 0 Å². The number of methoxy groups -OCH3 is 1. The summed E-state index contributed by atoms with van der Waals surface area (Å²) in [5.74, 6) is 7.65. The SMILES string of the molecule is CCCCC(CC)COc1ccc(OC)cc1C#CCO. The minimum absolute atomic E-state index is 0.162. The van der Waals surface area contributed by atoms with E-state index < -0.39 is 0 Å². The third-order valence-electron chi connectivity index (χ3n) is 3.51. The normalized spacial score (nSPS) is 11.4. The van der Waals surface area contributed by atoms with Crippen LogP contribution >= 0.6 is 0 Å². The molecule has 1 unspecified atom stereocenters. The van der Waals surface area contributed by atoms with E-state index >= 15 is 0 Å². The van der Waals surface area contributed by atoms with Crippen molar-refractivity contribution in [2.24, 2.45) is 5.92 Å². The van der Waals surface area contributed by atoms with E-state index in [0.717, 1.165) is 23.5 Å². The molecule has 0 bridgehead atoms. The third-order valence-corrected chi connectivity index (χ3v) is 3.51. The highest BCUT2D eigenvalue weighted by Gasteiger charge is 2.09. The quantitative estimate of drug-likeness (QED) is 0.743. The summed E-state index contributed by atoms with van der Waals surface area (Å²) in [5, 5.41) is 8.85. The second kappa shape index (κ2) is 10.1. The second-order valence-electron chi connectivity index (χ2n) is 5.05. The van der Waals surface area contributed by atoms with Crippen LogP contribution in [0.2, 0.25) is 0 Å². The van der Waals surface area contributed by atoms with Gasteiger partial charge in [0.1, 0.15) is 18.1 Å². The number of aliphatic hydroxyl groups excluding tert-OH is 1. The lowest BCUT2D eigenvalue weighted by Crippen LogP contribution is -2.12. The highest BCUT2D eigenvalue weighted by atomic mass is 16.5. The third kappa shape index (κ3) is 6.10. The van der Waals surface area contributed by atoms with Crippen LogP contribution in [0.3, 0.4) is 0 Å². The summed E-state index contributed by atoms with van der Waals surface area (Å²) in [5.41, 5.74) is 0.758. The molecule has 0 heterocycles. The summed E-state index contributed by atoms with van der Waals surface area (Å²) < 4.78 is 11.1. The van der Waals surface area contributed by atoms with E-state index in [0.29, 0.717) is 12.5 Å². The van der Waals surface area contributed by atoms with Crippen molar-refractivity contribution in [3.05, 3.63) is 23.8 Å². The van der Waals surface area contributed by atoms with Crippen LogP contribution in [0.25, 0.3) is 0 Å². The molecule has 0 aliphatic rings. The molecule has 0 radical (unpaired) electrons. The molecular weight excluding hydrogens is 264 g/mol. The van der Waals surface area contributed by atoms with Gasteiger partial charge in [0.15, 0.2) is 0 Å². The maximum Gasteiger partial charge on any atom is 0.135 e. The molecule has 3 heteroatoms. The van der Waals surface area contributed by atoms with Gasteiger partial charge in [0.05, 0.1) is 19.3 Å². The summed E-state index contributed by atoms with van der Waals surface area (Å²) in [6.45, 7) is 4.95. The maximum atomic E-state index is 8.85. The number of ether oxygens (including phenoxy) is 2. The molecule has 1 rings (SSSR count). The van der Waals surface area contributed by atoms with E-state index in [1.54, 1.807) is 7.11 Å². The van der Waals surface area contributed by atoms with Crippen LogP contribution in [-0.4, -0.2) is 25.4 Å². The van der Waals surface area contributed by atoms with Gasteiger partial charge in [-0.15, -0.1) is 0 Å². The van der Waals surface area contributed by atoms with E-state index in [-0.39, 0.29) is 6.61 Å². The Balaban J connectivity index is 2.76. The fourth-order valence-electron chi connectivity index (χ4n) is 2.10. The largest absolute Gasteiger partial charge is 0.497 e. The summed E-state index contributed by atoms with van der Waals surface area (Å²) in [6.07, 6.45) is 4.77. The van der Waals surface area contributed by atoms with Crippen LogP contribution in [0.1, 0.15) is 45.1 Å². The van der Waals surface area contributed by atoms with Crippen molar-refractivity contribution in [1.29, 1.82) is 0 Å². The van der Waals surface area contributed by atoms with Crippen LogP contribution in [0.4, 0.5) is 0 Å². The van der Waals surface area contributed by atoms with Crippen molar-refractivity contribution in [2.45, 2.75) is 39.5 Å². The number of unbranched alkanes of at least 4 members (excludes halogenated alkanes) is 1. The molecule has 1 N–H and O–H groups in total. The predicted octanol–water partition coefficient (Wildman–Crippen LogP) is 3.63. The second-order valence-corrected chi connectivity index (χ2v) is 5.05. The average molecular weight is 290 g/mol. The fraction of sp³-hybridized carbons (Fsp3) is 0.556. The van der Waals surface area contributed by atoms with Gasteiger partial charge < -0.3 is 14.6 Å². The van der Waals surface area contributed by atoms with Crippen molar-refractivity contribution in [3.8, 4) is 23.3 Å². The van der Waals surface area contributed by atoms with Crippen LogP contribution < -0.4 is 9.47 Å². The number of hydrogen-bond acceptors (Lipinski definition) is 3. The van der Waals surface area contributed by atoms with E-state index in [2.05, 4.69) is 25.7 Å². The molecule has 0 aliphatic heterocycles. The first-order chi connectivity index (χ1) is 10.2. The Hall–Kier alpha value is -1.66. The van der Waals surface area contributed by atoms with Gasteiger partial charge in [-0.2, -0.15) is 0 Å². The van der Waals surface area contributed by atoms with E-state index in [4.69, 9.17) is 14.6 Å². The molecule has 21 heavy (non-hydrogen) atoms. The average Bonchev–Trinajstić information content (AvgIpc) is 2.53. The highest BCUT2D eigenvalue weighted by molar-refractivity contribution is 5.50. The molecule has 0 aromatic heterocycles. The van der Waals surface area contributed by atoms with Crippen LogP contribution in [-0.2, 0) is 0 Å². The zero-order valence-corrected chi connectivity index (χ0v) is 13.3. The first-order valence-corrected chi connectivity index (χ1v) is 7.65. The van der Waals surface area contributed by atoms with Crippen LogP contribution in [0.5, 0.6) is 11.5 Å². The first-order valence-electron chi connectivity index (χ1n) is 7.65. The standard InChI is InChI=1S/C18H26O3/c1-4-6-8-15(5-2)14-21-18-11-10-17(20-3)13-16(18)9-7-12-19/h10-11,13,15,19H,4-6,8,12,14H2,1-3H3. The van der Waals surface area contributed by atoms with Crippen LogP contribution in [0, 0.1) is 17.8 Å². The monoisotopic (exact) mass is 290 g/mol. The van der Waals surface area contributed by atoms with Gasteiger partial charge in [0.2, 0.25) is 0 Å². The molecule has 3 nitrogen and oxygen atoms in total. The van der Waals surface area contributed by atoms with Gasteiger partial charge in [-0.3, -0.25) is 0 Å². The van der Waals surface area contributed by atoms with Crippen molar-refractivity contribution in [1.82, 2.24) is 0 Å². The molecule has 0 amide bonds. The zero-order chi connectivity index (χ0) is 15.5. The molecular formula is C18H26O3. The van der Waals surface area contributed by atoms with E-state index in [1.165, 1.54) is 19.3 Å². The summed E-state index contributed by atoms with van der Waals surface area (Å²) >= 11 is 0. The maximum absolute atomic E-state index is 8.85.